The van der Waals surface area contributed by atoms with Crippen LogP contribution in [-0.4, -0.2) is 0 Å². The zero-order chi connectivity index (χ0) is 20.1. The largest absolute Gasteiger partial charge is 0.0840 e. The van der Waals surface area contributed by atoms with Gasteiger partial charge in [0, 0.05) is 5.02 Å². The van der Waals surface area contributed by atoms with Gasteiger partial charge in [-0.1, -0.05) is 121 Å². The fraction of sp³-hybridized carbons (Fsp3) is 0.0345. The maximum absolute atomic E-state index is 7.00. The minimum atomic E-state index is -0.449. The van der Waals surface area contributed by atoms with Crippen LogP contribution in [0, 0.1) is 0 Å². The number of hydrogen-bond acceptors (Lipinski definition) is 0. The van der Waals surface area contributed by atoms with Gasteiger partial charge in [-0.25, -0.2) is 0 Å². The highest BCUT2D eigenvalue weighted by molar-refractivity contribution is 6.32. The molecule has 0 nitrogen and oxygen atoms in total. The summed E-state index contributed by atoms with van der Waals surface area (Å²) in [6.07, 6.45) is 0. The molecule has 0 aliphatic heterocycles. The molecule has 0 heterocycles. The van der Waals surface area contributed by atoms with Crippen molar-refractivity contribution >= 4 is 22.4 Å². The van der Waals surface area contributed by atoms with Crippen molar-refractivity contribution < 1.29 is 0 Å². The number of hydrogen-bond donors (Lipinski definition) is 0. The van der Waals surface area contributed by atoms with Gasteiger partial charge in [0.1, 0.15) is 0 Å². The average Bonchev–Trinajstić information content (AvgIpc) is 3.13. The highest BCUT2D eigenvalue weighted by Gasteiger charge is 2.47. The third-order valence-corrected chi connectivity index (χ3v) is 6.72. The summed E-state index contributed by atoms with van der Waals surface area (Å²) >= 11 is 7.00. The molecule has 0 spiro atoms. The molecule has 0 amide bonds. The predicted molar refractivity (Wildman–Crippen MR) is 126 cm³/mol. The second-order valence-corrected chi connectivity index (χ2v) is 8.26. The highest BCUT2D eigenvalue weighted by Crippen LogP contribution is 2.59. The highest BCUT2D eigenvalue weighted by atomic mass is 35.5. The monoisotopic (exact) mass is 402 g/mol. The van der Waals surface area contributed by atoms with Crippen molar-refractivity contribution in [2.24, 2.45) is 0 Å². The summed E-state index contributed by atoms with van der Waals surface area (Å²) in [5.41, 5.74) is 7.01. The third-order valence-electron chi connectivity index (χ3n) is 6.40. The minimum Gasteiger partial charge on any atom is -0.0840 e. The van der Waals surface area contributed by atoms with Crippen LogP contribution in [0.25, 0.3) is 21.9 Å². The summed E-state index contributed by atoms with van der Waals surface area (Å²) in [5, 5.41) is 3.33. The topological polar surface area (TPSA) is 0 Å². The zero-order valence-electron chi connectivity index (χ0n) is 16.3. The summed E-state index contributed by atoms with van der Waals surface area (Å²) < 4.78 is 0. The molecule has 1 aliphatic rings. The van der Waals surface area contributed by atoms with Gasteiger partial charge >= 0.3 is 0 Å². The Hall–Kier alpha value is -3.35. The molecule has 6 rings (SSSR count). The van der Waals surface area contributed by atoms with Crippen molar-refractivity contribution in [2.45, 2.75) is 5.41 Å². The smallest absolute Gasteiger partial charge is 0.0728 e. The minimum absolute atomic E-state index is 0.449. The molecule has 0 aromatic heterocycles. The van der Waals surface area contributed by atoms with Crippen molar-refractivity contribution in [1.82, 2.24) is 0 Å². The van der Waals surface area contributed by atoms with Crippen LogP contribution in [0.4, 0.5) is 0 Å². The van der Waals surface area contributed by atoms with E-state index in [0.717, 1.165) is 5.02 Å². The molecule has 0 saturated carbocycles. The molecular formula is C29H19Cl. The number of rotatable bonds is 2. The molecular weight excluding hydrogens is 384 g/mol. The molecule has 30 heavy (non-hydrogen) atoms. The lowest BCUT2D eigenvalue weighted by atomic mass is 9.67. The fourth-order valence-electron chi connectivity index (χ4n) is 5.27. The first-order valence-corrected chi connectivity index (χ1v) is 10.6. The summed E-state index contributed by atoms with van der Waals surface area (Å²) in [5.74, 6) is 0. The van der Waals surface area contributed by atoms with Crippen LogP contribution < -0.4 is 0 Å². The standard InChI is InChI=1S/C29H19Cl/c30-26-17-9-16-24-27-23-15-8-7-10-20(23)18-19-25(27)29(28(24)26,21-11-3-1-4-12-21)22-13-5-2-6-14-22/h1-19H. The molecule has 5 aromatic rings. The number of benzene rings is 5. The van der Waals surface area contributed by atoms with Crippen LogP contribution in [0.3, 0.4) is 0 Å². The van der Waals surface area contributed by atoms with E-state index in [0.29, 0.717) is 0 Å². The van der Waals surface area contributed by atoms with E-state index in [-0.39, 0.29) is 0 Å². The Bertz CT molecular complexity index is 1350. The first-order chi connectivity index (χ1) is 14.8. The Labute approximate surface area is 181 Å². The molecule has 0 saturated heterocycles. The van der Waals surface area contributed by atoms with Crippen LogP contribution in [0.1, 0.15) is 22.3 Å². The van der Waals surface area contributed by atoms with Crippen molar-refractivity contribution in [1.29, 1.82) is 0 Å². The quantitative estimate of drug-likeness (QED) is 0.276. The molecule has 0 atom stereocenters. The van der Waals surface area contributed by atoms with E-state index < -0.39 is 5.41 Å². The molecule has 142 valence electrons. The van der Waals surface area contributed by atoms with E-state index in [9.17, 15) is 0 Å². The third kappa shape index (κ3) is 2.23. The van der Waals surface area contributed by atoms with E-state index in [4.69, 9.17) is 11.6 Å². The van der Waals surface area contributed by atoms with Gasteiger partial charge in [0.25, 0.3) is 0 Å². The van der Waals surface area contributed by atoms with Crippen molar-refractivity contribution in [3.8, 4) is 11.1 Å². The summed E-state index contributed by atoms with van der Waals surface area (Å²) in [4.78, 5) is 0. The lowest BCUT2D eigenvalue weighted by molar-refractivity contribution is 0.769. The summed E-state index contributed by atoms with van der Waals surface area (Å²) in [6, 6.07) is 41.0. The predicted octanol–water partition coefficient (Wildman–Crippen LogP) is 7.86. The molecule has 5 aromatic carbocycles. The second kappa shape index (κ2) is 6.58. The van der Waals surface area contributed by atoms with Gasteiger partial charge in [0.15, 0.2) is 0 Å². The van der Waals surface area contributed by atoms with Gasteiger partial charge in [-0.3, -0.25) is 0 Å². The van der Waals surface area contributed by atoms with Crippen LogP contribution in [-0.2, 0) is 5.41 Å². The maximum atomic E-state index is 7.00. The molecule has 1 heteroatoms. The fourth-order valence-corrected chi connectivity index (χ4v) is 5.58. The van der Waals surface area contributed by atoms with Gasteiger partial charge in [-0.05, 0) is 50.2 Å². The van der Waals surface area contributed by atoms with Crippen molar-refractivity contribution in [3.05, 3.63) is 143 Å². The Morgan fingerprint density at radius 1 is 0.533 bits per heavy atom. The first-order valence-electron chi connectivity index (χ1n) is 10.2. The van der Waals surface area contributed by atoms with Gasteiger partial charge in [0.2, 0.25) is 0 Å². The molecule has 1 aliphatic carbocycles. The first kappa shape index (κ1) is 17.5. The zero-order valence-corrected chi connectivity index (χ0v) is 17.1. The Morgan fingerprint density at radius 3 is 1.87 bits per heavy atom. The van der Waals surface area contributed by atoms with E-state index in [1.165, 1.54) is 44.2 Å². The van der Waals surface area contributed by atoms with Crippen molar-refractivity contribution in [2.75, 3.05) is 0 Å². The number of fused-ring (bicyclic) bond motifs is 5. The normalized spacial score (nSPS) is 13.8. The Morgan fingerprint density at radius 2 is 1.17 bits per heavy atom. The molecule has 0 unspecified atom stereocenters. The second-order valence-electron chi connectivity index (χ2n) is 7.85. The molecule has 0 fully saturated rings. The summed E-state index contributed by atoms with van der Waals surface area (Å²) in [7, 11) is 0. The van der Waals surface area contributed by atoms with E-state index in [1.807, 2.05) is 6.07 Å². The van der Waals surface area contributed by atoms with Crippen LogP contribution >= 0.6 is 11.6 Å². The lowest BCUT2D eigenvalue weighted by Gasteiger charge is -2.34. The van der Waals surface area contributed by atoms with Gasteiger partial charge in [-0.15, -0.1) is 0 Å². The molecule has 0 bridgehead atoms. The van der Waals surface area contributed by atoms with Gasteiger partial charge in [0.05, 0.1) is 5.41 Å². The lowest BCUT2D eigenvalue weighted by Crippen LogP contribution is -2.28. The number of halogens is 1. The van der Waals surface area contributed by atoms with Crippen LogP contribution in [0.2, 0.25) is 5.02 Å². The average molecular weight is 403 g/mol. The van der Waals surface area contributed by atoms with Crippen LogP contribution in [0.5, 0.6) is 0 Å². The van der Waals surface area contributed by atoms with E-state index in [2.05, 4.69) is 109 Å². The van der Waals surface area contributed by atoms with E-state index in [1.54, 1.807) is 0 Å². The SMILES string of the molecule is Clc1cccc2c1C(c1ccccc1)(c1ccccc1)c1ccc3ccccc3c1-2. The van der Waals surface area contributed by atoms with E-state index >= 15 is 0 Å². The molecule has 0 N–H and O–H groups in total. The Balaban J connectivity index is 1.88. The van der Waals surface area contributed by atoms with Gasteiger partial charge < -0.3 is 0 Å². The van der Waals surface area contributed by atoms with Gasteiger partial charge in [-0.2, -0.15) is 0 Å². The molecule has 0 radical (unpaired) electrons. The Kier molecular flexibility index (Phi) is 3.84. The van der Waals surface area contributed by atoms with Crippen molar-refractivity contribution in [3.63, 3.8) is 0 Å². The van der Waals surface area contributed by atoms with Crippen LogP contribution in [0.15, 0.2) is 115 Å². The maximum Gasteiger partial charge on any atom is 0.0728 e. The summed E-state index contributed by atoms with van der Waals surface area (Å²) in [6.45, 7) is 0.